The van der Waals surface area contributed by atoms with Gasteiger partial charge in [-0.1, -0.05) is 18.2 Å². The number of nitrogens with one attached hydrogen (secondary N) is 1. The Morgan fingerprint density at radius 3 is 2.40 bits per heavy atom. The van der Waals surface area contributed by atoms with Crippen LogP contribution in [0.1, 0.15) is 6.92 Å². The third-order valence-electron chi connectivity index (χ3n) is 2.13. The van der Waals surface area contributed by atoms with Crippen molar-refractivity contribution in [2.24, 2.45) is 0 Å². The minimum absolute atomic E-state index is 0.269. The van der Waals surface area contributed by atoms with Gasteiger partial charge in [-0.25, -0.2) is 4.79 Å². The van der Waals surface area contributed by atoms with E-state index in [1.165, 1.54) is 0 Å². The number of ether oxygens (including phenoxy) is 3. The molecule has 0 aliphatic rings. The number of halogens is 1. The summed E-state index contributed by atoms with van der Waals surface area (Å²) in [5, 5.41) is 3.00. The summed E-state index contributed by atoms with van der Waals surface area (Å²) in [5.41, 5.74) is 0. The van der Waals surface area contributed by atoms with Crippen LogP contribution in [0.4, 0.5) is 4.79 Å². The molecule has 1 amide bonds. The number of hydrogen-bond acceptors (Lipinski definition) is 4. The normalized spacial score (nSPS) is 9.70. The molecule has 0 atom stereocenters. The highest BCUT2D eigenvalue weighted by Gasteiger charge is 2.00. The van der Waals surface area contributed by atoms with Crippen molar-refractivity contribution < 1.29 is 19.0 Å². The van der Waals surface area contributed by atoms with E-state index in [4.69, 9.17) is 25.8 Å². The van der Waals surface area contributed by atoms with Crippen molar-refractivity contribution in [1.82, 2.24) is 5.32 Å². The molecule has 0 aliphatic heterocycles. The van der Waals surface area contributed by atoms with Crippen molar-refractivity contribution in [3.8, 4) is 11.5 Å². The number of carbonyl (C=O) groups excluding carboxylic acids is 1. The average Bonchev–Trinajstić information content (AvgIpc) is 2.43. The number of benzene rings is 1. The van der Waals surface area contributed by atoms with Gasteiger partial charge < -0.3 is 19.5 Å². The number of hydrogen-bond donors (Lipinski definition) is 1. The van der Waals surface area contributed by atoms with Gasteiger partial charge in [0.15, 0.2) is 0 Å². The van der Waals surface area contributed by atoms with Crippen LogP contribution >= 0.6 is 11.6 Å². The molecular formula is C14H18ClNO4. The fourth-order valence-corrected chi connectivity index (χ4v) is 1.35. The van der Waals surface area contributed by atoms with Gasteiger partial charge in [0.05, 0.1) is 13.2 Å². The van der Waals surface area contributed by atoms with Crippen LogP contribution in [0.2, 0.25) is 0 Å². The van der Waals surface area contributed by atoms with E-state index in [0.29, 0.717) is 36.3 Å². The molecule has 0 aliphatic carbocycles. The van der Waals surface area contributed by atoms with Gasteiger partial charge in [-0.2, -0.15) is 0 Å². The maximum atomic E-state index is 11.0. The van der Waals surface area contributed by atoms with E-state index in [1.807, 2.05) is 0 Å². The quantitative estimate of drug-likeness (QED) is 0.750. The lowest BCUT2D eigenvalue weighted by Crippen LogP contribution is -2.28. The molecule has 0 heterocycles. The lowest BCUT2D eigenvalue weighted by molar-refractivity contribution is 0.150. The van der Waals surface area contributed by atoms with Crippen LogP contribution in [-0.2, 0) is 4.74 Å². The molecule has 5 nitrogen and oxygen atoms in total. The molecule has 0 bridgehead atoms. The molecule has 0 saturated heterocycles. The predicted octanol–water partition coefficient (Wildman–Crippen LogP) is 2.94. The Morgan fingerprint density at radius 2 is 1.85 bits per heavy atom. The second-order valence-corrected chi connectivity index (χ2v) is 4.31. The van der Waals surface area contributed by atoms with E-state index in [9.17, 15) is 4.79 Å². The van der Waals surface area contributed by atoms with Crippen molar-refractivity contribution in [2.45, 2.75) is 6.92 Å². The first kappa shape index (κ1) is 16.2. The lowest BCUT2D eigenvalue weighted by Gasteiger charge is -2.09. The largest absolute Gasteiger partial charge is 0.492 e. The Kier molecular flexibility index (Phi) is 7.35. The van der Waals surface area contributed by atoms with Gasteiger partial charge in [0.2, 0.25) is 0 Å². The molecule has 110 valence electrons. The smallest absolute Gasteiger partial charge is 0.407 e. The van der Waals surface area contributed by atoms with Gasteiger partial charge in [0, 0.05) is 5.03 Å². The van der Waals surface area contributed by atoms with E-state index >= 15 is 0 Å². The third kappa shape index (κ3) is 6.89. The highest BCUT2D eigenvalue weighted by atomic mass is 35.5. The van der Waals surface area contributed by atoms with Crippen LogP contribution in [0.5, 0.6) is 11.5 Å². The summed E-state index contributed by atoms with van der Waals surface area (Å²) in [6, 6.07) is 7.09. The van der Waals surface area contributed by atoms with Crippen molar-refractivity contribution in [2.75, 3.05) is 26.4 Å². The van der Waals surface area contributed by atoms with Crippen molar-refractivity contribution in [3.63, 3.8) is 0 Å². The highest BCUT2D eigenvalue weighted by Crippen LogP contribution is 2.18. The minimum Gasteiger partial charge on any atom is -0.492 e. The second-order valence-electron chi connectivity index (χ2n) is 3.77. The zero-order valence-electron chi connectivity index (χ0n) is 11.4. The first-order valence-corrected chi connectivity index (χ1v) is 6.59. The van der Waals surface area contributed by atoms with Crippen LogP contribution in [0.25, 0.3) is 0 Å². The first-order chi connectivity index (χ1) is 9.61. The van der Waals surface area contributed by atoms with Gasteiger partial charge in [-0.05, 0) is 31.2 Å². The fraction of sp³-hybridized carbons (Fsp3) is 0.357. The molecule has 1 rings (SSSR count). The molecule has 0 saturated carbocycles. The van der Waals surface area contributed by atoms with E-state index in [0.717, 1.165) is 0 Å². The summed E-state index contributed by atoms with van der Waals surface area (Å²) in [6.07, 6.45) is -0.443. The van der Waals surface area contributed by atoms with Crippen LogP contribution in [0.15, 0.2) is 35.9 Å². The molecule has 0 fully saturated rings. The van der Waals surface area contributed by atoms with Gasteiger partial charge in [0.25, 0.3) is 0 Å². The molecule has 0 radical (unpaired) electrons. The van der Waals surface area contributed by atoms with E-state index in [-0.39, 0.29) is 6.61 Å². The molecule has 1 aromatic carbocycles. The van der Waals surface area contributed by atoms with Gasteiger partial charge in [-0.3, -0.25) is 0 Å². The van der Waals surface area contributed by atoms with E-state index < -0.39 is 6.09 Å². The summed E-state index contributed by atoms with van der Waals surface area (Å²) < 4.78 is 15.5. The molecule has 20 heavy (non-hydrogen) atoms. The van der Waals surface area contributed by atoms with Crippen LogP contribution < -0.4 is 14.8 Å². The van der Waals surface area contributed by atoms with Crippen LogP contribution in [0.3, 0.4) is 0 Å². The molecule has 1 aromatic rings. The average molecular weight is 300 g/mol. The van der Waals surface area contributed by atoms with Crippen molar-refractivity contribution in [1.29, 1.82) is 0 Å². The molecular weight excluding hydrogens is 282 g/mol. The molecule has 6 heteroatoms. The zero-order chi connectivity index (χ0) is 14.8. The summed E-state index contributed by atoms with van der Waals surface area (Å²) in [7, 11) is 0. The Hall–Kier alpha value is -1.88. The highest BCUT2D eigenvalue weighted by molar-refractivity contribution is 6.29. The first-order valence-electron chi connectivity index (χ1n) is 6.21. The van der Waals surface area contributed by atoms with Crippen molar-refractivity contribution in [3.05, 3.63) is 35.9 Å². The topological polar surface area (TPSA) is 56.8 Å². The van der Waals surface area contributed by atoms with Gasteiger partial charge >= 0.3 is 6.09 Å². The fourth-order valence-electron chi connectivity index (χ4n) is 1.30. The Balaban J connectivity index is 2.24. The lowest BCUT2D eigenvalue weighted by atomic mass is 10.3. The molecule has 0 spiro atoms. The number of rotatable bonds is 8. The maximum absolute atomic E-state index is 11.0. The molecule has 0 unspecified atom stereocenters. The standard InChI is InChI=1S/C14H18ClNO4/c1-3-18-14(17)16-8-9-19-12-4-6-13(7-5-12)20-10-11(2)15/h4-7H,2-3,8-10H2,1H3,(H,16,17). The Bertz CT molecular complexity index is 433. The number of carbonyl (C=O) groups is 1. The van der Waals surface area contributed by atoms with Crippen LogP contribution in [-0.4, -0.2) is 32.5 Å². The minimum atomic E-state index is -0.443. The second kappa shape index (κ2) is 9.09. The summed E-state index contributed by atoms with van der Waals surface area (Å²) in [6.45, 7) is 6.64. The molecule has 1 N–H and O–H groups in total. The SMILES string of the molecule is C=C(Cl)COc1ccc(OCCNC(=O)OCC)cc1. The third-order valence-corrected chi connectivity index (χ3v) is 2.24. The monoisotopic (exact) mass is 299 g/mol. The summed E-state index contributed by atoms with van der Waals surface area (Å²) in [5.74, 6) is 1.37. The maximum Gasteiger partial charge on any atom is 0.407 e. The predicted molar refractivity (Wildman–Crippen MR) is 77.4 cm³/mol. The van der Waals surface area contributed by atoms with E-state index in [2.05, 4.69) is 11.9 Å². The van der Waals surface area contributed by atoms with Gasteiger partial charge in [0.1, 0.15) is 24.7 Å². The van der Waals surface area contributed by atoms with Gasteiger partial charge in [-0.15, -0.1) is 0 Å². The van der Waals surface area contributed by atoms with Crippen LogP contribution in [0, 0.1) is 0 Å². The summed E-state index contributed by atoms with van der Waals surface area (Å²) in [4.78, 5) is 11.0. The van der Waals surface area contributed by atoms with Crippen molar-refractivity contribution >= 4 is 17.7 Å². The number of amides is 1. The Labute approximate surface area is 123 Å². The molecule has 0 aromatic heterocycles. The Morgan fingerprint density at radius 1 is 1.25 bits per heavy atom. The number of alkyl carbamates (subject to hydrolysis) is 1. The zero-order valence-corrected chi connectivity index (χ0v) is 12.1. The summed E-state index contributed by atoms with van der Waals surface area (Å²) >= 11 is 5.60. The van der Waals surface area contributed by atoms with E-state index in [1.54, 1.807) is 31.2 Å².